The highest BCUT2D eigenvalue weighted by Gasteiger charge is 2.59. The van der Waals surface area contributed by atoms with Crippen LogP contribution >= 0.6 is 0 Å². The molecule has 1 saturated heterocycles. The van der Waals surface area contributed by atoms with Gasteiger partial charge in [0.25, 0.3) is 5.91 Å². The molecule has 67 heavy (non-hydrogen) atoms. The second kappa shape index (κ2) is 15.8. The van der Waals surface area contributed by atoms with Crippen molar-refractivity contribution < 1.29 is 26.9 Å². The Morgan fingerprint density at radius 2 is 1.72 bits per heavy atom. The largest absolute Gasteiger partial charge is 0.438 e. The SMILES string of the molecule is Cc1cc(-n2nc3c(c2-n2cnn(Cc4ccc(S(=O)(=O)N(C)C)cc4)c2=O)[C@H](C)N(C(=O)c2cc4cc([C@H]5CCOC(C)(C)C5)ccc4n2[C@@]2(c4noc(=O)[nH]4)C[C@@H]2C)CC3)cc(C)c1F. The number of nitrogens with zero attached hydrogens (tertiary/aromatic N) is 9. The number of aryl methyl sites for hydroxylation is 2. The summed E-state index contributed by atoms with van der Waals surface area (Å²) in [6.45, 7) is 12.5. The highest BCUT2D eigenvalue weighted by atomic mass is 32.2. The lowest BCUT2D eigenvalue weighted by atomic mass is 9.83. The summed E-state index contributed by atoms with van der Waals surface area (Å²) in [7, 11) is -0.742. The molecule has 17 nitrogen and oxygen atoms in total. The zero-order chi connectivity index (χ0) is 47.5. The van der Waals surface area contributed by atoms with Gasteiger partial charge in [0.1, 0.15) is 23.4 Å². The van der Waals surface area contributed by atoms with Gasteiger partial charge in [-0.2, -0.15) is 10.2 Å². The Hall–Kier alpha value is -6.44. The summed E-state index contributed by atoms with van der Waals surface area (Å²) in [5, 5.41) is 14.6. The zero-order valence-corrected chi connectivity index (χ0v) is 39.5. The second-order valence-corrected chi connectivity index (χ2v) is 21.4. The van der Waals surface area contributed by atoms with Crippen LogP contribution in [0.4, 0.5) is 4.39 Å². The van der Waals surface area contributed by atoms with Gasteiger partial charge < -0.3 is 14.2 Å². The van der Waals surface area contributed by atoms with Gasteiger partial charge in [0.15, 0.2) is 11.6 Å². The van der Waals surface area contributed by atoms with Crippen molar-refractivity contribution in [1.82, 2.24) is 48.0 Å². The molecule has 6 heterocycles. The number of carbonyl (C=O) groups is 1. The van der Waals surface area contributed by atoms with E-state index in [0.29, 0.717) is 77.0 Å². The van der Waals surface area contributed by atoms with Crippen LogP contribution in [0.2, 0.25) is 0 Å². The first-order valence-electron chi connectivity index (χ1n) is 22.5. The van der Waals surface area contributed by atoms with Crippen LogP contribution in [0.25, 0.3) is 22.4 Å². The first kappa shape index (κ1) is 44.4. The number of rotatable bonds is 10. The average Bonchev–Trinajstić information content (AvgIpc) is 3.76. The predicted octanol–water partition coefficient (Wildman–Crippen LogP) is 6.12. The van der Waals surface area contributed by atoms with Crippen molar-refractivity contribution in [2.75, 3.05) is 27.2 Å². The van der Waals surface area contributed by atoms with Gasteiger partial charge in [0, 0.05) is 50.1 Å². The van der Waals surface area contributed by atoms with Crippen LogP contribution in [0.3, 0.4) is 0 Å². The fourth-order valence-electron chi connectivity index (χ4n) is 10.4. The minimum Gasteiger partial charge on any atom is -0.376 e. The van der Waals surface area contributed by atoms with Crippen molar-refractivity contribution in [3.63, 3.8) is 0 Å². The Bertz CT molecular complexity index is 3330. The Kier molecular flexibility index (Phi) is 10.5. The lowest BCUT2D eigenvalue weighted by Crippen LogP contribution is -2.41. The van der Waals surface area contributed by atoms with E-state index >= 15 is 9.18 Å². The second-order valence-electron chi connectivity index (χ2n) is 19.2. The summed E-state index contributed by atoms with van der Waals surface area (Å²) in [6, 6.07) is 17.3. The molecular formula is C48H53FN10O7S. The van der Waals surface area contributed by atoms with Crippen molar-refractivity contribution in [1.29, 1.82) is 0 Å². The van der Waals surface area contributed by atoms with Gasteiger partial charge in [-0.1, -0.05) is 30.3 Å². The molecule has 0 bridgehead atoms. The highest BCUT2D eigenvalue weighted by Crippen LogP contribution is 2.56. The maximum atomic E-state index is 15.5. The summed E-state index contributed by atoms with van der Waals surface area (Å²) in [5.41, 5.74) is 4.02. The molecule has 1 amide bonds. The van der Waals surface area contributed by atoms with Crippen LogP contribution in [-0.4, -0.2) is 95.2 Å². The maximum Gasteiger partial charge on any atom is 0.438 e. The monoisotopic (exact) mass is 932 g/mol. The van der Waals surface area contributed by atoms with Gasteiger partial charge >= 0.3 is 11.4 Å². The minimum atomic E-state index is -3.66. The number of aromatic nitrogens is 8. The molecular weight excluding hydrogens is 880 g/mol. The van der Waals surface area contributed by atoms with Crippen LogP contribution in [0.1, 0.15) is 109 Å². The molecule has 0 radical (unpaired) electrons. The van der Waals surface area contributed by atoms with Crippen LogP contribution < -0.4 is 11.4 Å². The molecule has 3 aromatic carbocycles. The highest BCUT2D eigenvalue weighted by molar-refractivity contribution is 7.89. The van der Waals surface area contributed by atoms with E-state index in [9.17, 15) is 18.0 Å². The molecule has 2 aliphatic heterocycles. The number of nitrogens with one attached hydrogen (secondary N) is 1. The lowest BCUT2D eigenvalue weighted by molar-refractivity contribution is -0.0592. The third-order valence-electron chi connectivity index (χ3n) is 14.1. The van der Waals surface area contributed by atoms with Crippen LogP contribution in [0.5, 0.6) is 0 Å². The summed E-state index contributed by atoms with van der Waals surface area (Å²) in [4.78, 5) is 47.2. The first-order valence-corrected chi connectivity index (χ1v) is 24.0. The number of hydrogen-bond acceptors (Lipinski definition) is 10. The third kappa shape index (κ3) is 7.29. The summed E-state index contributed by atoms with van der Waals surface area (Å²) in [6.07, 6.45) is 4.09. The molecule has 0 spiro atoms. The van der Waals surface area contributed by atoms with Crippen LogP contribution in [-0.2, 0) is 33.3 Å². The van der Waals surface area contributed by atoms with E-state index < -0.39 is 33.0 Å². The van der Waals surface area contributed by atoms with E-state index in [0.717, 1.165) is 33.6 Å². The average molecular weight is 933 g/mol. The Labute approximate surface area is 385 Å². The van der Waals surface area contributed by atoms with Gasteiger partial charge in [0.2, 0.25) is 10.0 Å². The Morgan fingerprint density at radius 3 is 2.36 bits per heavy atom. The first-order chi connectivity index (χ1) is 31.8. The lowest BCUT2D eigenvalue weighted by Gasteiger charge is -2.35. The molecule has 19 heteroatoms. The number of carbonyl (C=O) groups excluding carboxylic acids is 1. The van der Waals surface area contributed by atoms with Crippen molar-refractivity contribution in [3.8, 4) is 11.5 Å². The van der Waals surface area contributed by atoms with Gasteiger partial charge in [-0.05, 0) is 130 Å². The summed E-state index contributed by atoms with van der Waals surface area (Å²) in [5.74, 6) is -0.327. The van der Waals surface area contributed by atoms with E-state index in [2.05, 4.69) is 54.2 Å². The zero-order valence-electron chi connectivity index (χ0n) is 38.7. The van der Waals surface area contributed by atoms with Crippen LogP contribution in [0, 0.1) is 25.6 Å². The quantitative estimate of drug-likeness (QED) is 0.167. The number of amides is 1. The molecule has 3 aliphatic rings. The van der Waals surface area contributed by atoms with Gasteiger partial charge in [0.05, 0.1) is 34.5 Å². The number of hydrogen-bond donors (Lipinski definition) is 1. The maximum absolute atomic E-state index is 15.5. The molecule has 4 atom stereocenters. The topological polar surface area (TPSA) is 188 Å². The third-order valence-corrected chi connectivity index (χ3v) is 15.9. The van der Waals surface area contributed by atoms with Gasteiger partial charge in [-0.25, -0.2) is 40.6 Å². The van der Waals surface area contributed by atoms with Crippen LogP contribution in [0.15, 0.2) is 86.0 Å². The summed E-state index contributed by atoms with van der Waals surface area (Å²) >= 11 is 0. The fraction of sp³-hybridized carbons (Fsp3) is 0.417. The minimum absolute atomic E-state index is 0.00311. The number of ether oxygens (including phenoxy) is 1. The van der Waals surface area contributed by atoms with Crippen molar-refractivity contribution in [2.24, 2.45) is 5.92 Å². The molecule has 0 unspecified atom stereocenters. The van der Waals surface area contributed by atoms with E-state index in [4.69, 9.17) is 14.4 Å². The summed E-state index contributed by atoms with van der Waals surface area (Å²) < 4.78 is 59.1. The Morgan fingerprint density at radius 1 is 1.00 bits per heavy atom. The standard InChI is InChI=1S/C48H53FN10O7S/c1-27-19-35(20-28(2)41(27)49)59-42(56-26-50-57(46(56)62)25-31-9-12-36(13-10-31)67(63,64)54(7)8)40-30(4)55(17-15-37(40)52-59)43(60)39-22-34-21-32(33-16-18-65-47(5,6)24-33)11-14-38(34)58(39)48(23-29(48)3)44-51-45(61)66-53-44/h9-14,19-22,26,29-30,33H,15-18,23-25H2,1-8H3,(H,51,53,61)/t29-,30-,33-,48-/m0/s1. The van der Waals surface area contributed by atoms with Crippen molar-refractivity contribution >= 4 is 26.8 Å². The number of halogens is 1. The van der Waals surface area contributed by atoms with E-state index in [1.54, 1.807) is 47.7 Å². The smallest absolute Gasteiger partial charge is 0.376 e. The molecule has 7 aromatic rings. The molecule has 350 valence electrons. The fourth-order valence-corrected chi connectivity index (χ4v) is 11.3. The molecule has 10 rings (SSSR count). The van der Waals surface area contributed by atoms with E-state index in [1.807, 2.05) is 17.6 Å². The van der Waals surface area contributed by atoms with Crippen molar-refractivity contribution in [2.45, 2.75) is 102 Å². The Balaban J connectivity index is 1.08. The predicted molar refractivity (Wildman–Crippen MR) is 246 cm³/mol. The molecule has 1 N–H and O–H groups in total. The molecule has 2 fully saturated rings. The number of benzene rings is 3. The number of H-pyrrole nitrogens is 1. The molecule has 1 saturated carbocycles. The number of fused-ring (bicyclic) bond motifs is 2. The van der Waals surface area contributed by atoms with Gasteiger partial charge in [-0.3, -0.25) is 14.3 Å². The van der Waals surface area contributed by atoms with E-state index in [-0.39, 0.29) is 40.6 Å². The normalized spacial score (nSPS) is 21.6. The van der Waals surface area contributed by atoms with E-state index in [1.165, 1.54) is 41.8 Å². The van der Waals surface area contributed by atoms with Gasteiger partial charge in [-0.15, -0.1) is 0 Å². The number of aromatic amines is 1. The number of sulfonamides is 1. The van der Waals surface area contributed by atoms with Crippen molar-refractivity contribution in [3.05, 3.63) is 139 Å². The molecule has 1 aliphatic carbocycles. The molecule has 4 aromatic heterocycles.